The number of piperazine rings is 1. The number of carbonyl (C=O) groups is 2. The molecular formula is C23H35N3O3. The van der Waals surface area contributed by atoms with Crippen molar-refractivity contribution in [1.82, 2.24) is 15.1 Å². The fraction of sp³-hybridized carbons (Fsp3) is 0.652. The number of nitrogens with one attached hydrogen (secondary N) is 1. The van der Waals surface area contributed by atoms with Crippen molar-refractivity contribution in [2.75, 3.05) is 33.3 Å². The first kappa shape index (κ1) is 21.6. The van der Waals surface area contributed by atoms with E-state index in [-0.39, 0.29) is 23.9 Å². The lowest BCUT2D eigenvalue weighted by Gasteiger charge is -2.41. The van der Waals surface area contributed by atoms with Crippen molar-refractivity contribution in [2.24, 2.45) is 5.92 Å². The molecule has 160 valence electrons. The van der Waals surface area contributed by atoms with Gasteiger partial charge >= 0.3 is 0 Å². The van der Waals surface area contributed by atoms with Crippen LogP contribution < -0.4 is 10.1 Å². The highest BCUT2D eigenvalue weighted by Crippen LogP contribution is 2.31. The van der Waals surface area contributed by atoms with Gasteiger partial charge in [-0.15, -0.1) is 0 Å². The highest BCUT2D eigenvalue weighted by molar-refractivity contribution is 5.94. The van der Waals surface area contributed by atoms with Crippen LogP contribution in [0.1, 0.15) is 56.3 Å². The van der Waals surface area contributed by atoms with E-state index in [2.05, 4.69) is 24.1 Å². The molecule has 1 aliphatic heterocycles. The van der Waals surface area contributed by atoms with E-state index in [4.69, 9.17) is 4.74 Å². The Labute approximate surface area is 174 Å². The van der Waals surface area contributed by atoms with Crippen LogP contribution in [0.15, 0.2) is 24.3 Å². The second-order valence-electron chi connectivity index (χ2n) is 8.36. The predicted molar refractivity (Wildman–Crippen MR) is 114 cm³/mol. The van der Waals surface area contributed by atoms with E-state index in [0.29, 0.717) is 24.6 Å². The average molecular weight is 402 g/mol. The smallest absolute Gasteiger partial charge is 0.253 e. The van der Waals surface area contributed by atoms with Gasteiger partial charge < -0.3 is 15.0 Å². The van der Waals surface area contributed by atoms with E-state index in [0.717, 1.165) is 38.1 Å². The normalized spacial score (nSPS) is 20.3. The number of hydrogen-bond acceptors (Lipinski definition) is 4. The van der Waals surface area contributed by atoms with Crippen molar-refractivity contribution in [3.8, 4) is 5.75 Å². The van der Waals surface area contributed by atoms with Crippen molar-refractivity contribution in [3.63, 3.8) is 0 Å². The summed E-state index contributed by atoms with van der Waals surface area (Å²) in [6.07, 6.45) is 5.63. The Kier molecular flexibility index (Phi) is 7.53. The predicted octanol–water partition coefficient (Wildman–Crippen LogP) is 2.93. The first-order valence-electron chi connectivity index (χ1n) is 11.0. The Morgan fingerprint density at radius 2 is 1.72 bits per heavy atom. The van der Waals surface area contributed by atoms with Gasteiger partial charge in [0.25, 0.3) is 5.91 Å². The molecule has 1 aromatic rings. The molecule has 0 aromatic heterocycles. The van der Waals surface area contributed by atoms with Gasteiger partial charge in [-0.1, -0.05) is 19.8 Å². The third kappa shape index (κ3) is 5.30. The molecule has 1 aromatic carbocycles. The minimum atomic E-state index is -0.0651. The molecule has 0 bridgehead atoms. The third-order valence-corrected chi connectivity index (χ3v) is 6.45. The summed E-state index contributed by atoms with van der Waals surface area (Å²) in [5, 5.41) is 3.20. The molecule has 6 nitrogen and oxygen atoms in total. The Morgan fingerprint density at radius 3 is 2.28 bits per heavy atom. The van der Waals surface area contributed by atoms with Crippen LogP contribution in [0.5, 0.6) is 5.75 Å². The molecule has 1 saturated heterocycles. The first-order chi connectivity index (χ1) is 14.0. The van der Waals surface area contributed by atoms with Crippen LogP contribution in [-0.4, -0.2) is 67.0 Å². The van der Waals surface area contributed by atoms with Gasteiger partial charge in [0.1, 0.15) is 5.75 Å². The molecule has 2 amide bonds. The minimum absolute atomic E-state index is 0.0498. The zero-order valence-electron chi connectivity index (χ0n) is 18.0. The van der Waals surface area contributed by atoms with Crippen LogP contribution in [0.4, 0.5) is 0 Å². The monoisotopic (exact) mass is 401 g/mol. The van der Waals surface area contributed by atoms with Gasteiger partial charge in [0.05, 0.1) is 13.2 Å². The second kappa shape index (κ2) is 10.1. The molecule has 1 N–H and O–H groups in total. The maximum absolute atomic E-state index is 13.1. The van der Waals surface area contributed by atoms with Crippen molar-refractivity contribution in [2.45, 2.75) is 58.0 Å². The summed E-state index contributed by atoms with van der Waals surface area (Å²) in [6, 6.07) is 7.40. The molecule has 0 spiro atoms. The van der Waals surface area contributed by atoms with E-state index in [1.807, 2.05) is 29.2 Å². The topological polar surface area (TPSA) is 61.9 Å². The van der Waals surface area contributed by atoms with Crippen LogP contribution >= 0.6 is 0 Å². The Bertz CT molecular complexity index is 677. The summed E-state index contributed by atoms with van der Waals surface area (Å²) >= 11 is 0. The Balaban J connectivity index is 1.62. The summed E-state index contributed by atoms with van der Waals surface area (Å²) in [6.45, 7) is 6.97. The molecule has 6 heteroatoms. The van der Waals surface area contributed by atoms with Crippen LogP contribution in [0, 0.1) is 5.92 Å². The number of ether oxygens (including phenoxy) is 1. The first-order valence-corrected chi connectivity index (χ1v) is 11.0. The summed E-state index contributed by atoms with van der Waals surface area (Å²) in [5.41, 5.74) is 0.682. The highest BCUT2D eigenvalue weighted by Gasteiger charge is 2.37. The van der Waals surface area contributed by atoms with Gasteiger partial charge in [-0.05, 0) is 56.4 Å². The van der Waals surface area contributed by atoms with E-state index < -0.39 is 0 Å². The van der Waals surface area contributed by atoms with E-state index >= 15 is 0 Å². The molecule has 0 unspecified atom stereocenters. The lowest BCUT2D eigenvalue weighted by atomic mass is 9.94. The molecule has 0 radical (unpaired) electrons. The van der Waals surface area contributed by atoms with E-state index in [1.54, 1.807) is 7.11 Å². The summed E-state index contributed by atoms with van der Waals surface area (Å²) < 4.78 is 5.17. The molecule has 1 saturated carbocycles. The lowest BCUT2D eigenvalue weighted by molar-refractivity contribution is -0.129. The zero-order valence-corrected chi connectivity index (χ0v) is 18.0. The van der Waals surface area contributed by atoms with Crippen LogP contribution in [0.2, 0.25) is 0 Å². The van der Waals surface area contributed by atoms with Crippen molar-refractivity contribution in [3.05, 3.63) is 29.8 Å². The highest BCUT2D eigenvalue weighted by atomic mass is 16.5. The van der Waals surface area contributed by atoms with Crippen LogP contribution in [0.3, 0.4) is 0 Å². The number of carbonyl (C=O) groups excluding carboxylic acids is 2. The molecule has 3 rings (SSSR count). The van der Waals surface area contributed by atoms with Gasteiger partial charge in [0, 0.05) is 37.8 Å². The number of benzene rings is 1. The Hall–Kier alpha value is -2.08. The molecule has 1 heterocycles. The zero-order chi connectivity index (χ0) is 20.8. The second-order valence-corrected chi connectivity index (χ2v) is 8.36. The third-order valence-electron chi connectivity index (χ3n) is 6.45. The fourth-order valence-electron chi connectivity index (χ4n) is 4.50. The minimum Gasteiger partial charge on any atom is -0.497 e. The van der Waals surface area contributed by atoms with Gasteiger partial charge in [-0.2, -0.15) is 0 Å². The largest absolute Gasteiger partial charge is 0.497 e. The number of amides is 2. The summed E-state index contributed by atoms with van der Waals surface area (Å²) in [5.74, 6) is 1.40. The fourth-order valence-corrected chi connectivity index (χ4v) is 4.50. The number of hydrogen-bond donors (Lipinski definition) is 1. The molecule has 2 fully saturated rings. The Morgan fingerprint density at radius 1 is 1.10 bits per heavy atom. The lowest BCUT2D eigenvalue weighted by Crippen LogP contribution is -2.58. The van der Waals surface area contributed by atoms with Gasteiger partial charge in [0.15, 0.2) is 0 Å². The van der Waals surface area contributed by atoms with Gasteiger partial charge in [0.2, 0.25) is 5.91 Å². The van der Waals surface area contributed by atoms with Gasteiger partial charge in [-0.3, -0.25) is 14.5 Å². The van der Waals surface area contributed by atoms with Crippen molar-refractivity contribution in [1.29, 1.82) is 0 Å². The standard InChI is InChI=1S/C23H35N3O3/c1-4-17(2)24-22(27)21(18-7-5-6-8-18)25-13-15-26(16-14-25)23(28)19-9-11-20(29-3)12-10-19/h9-12,17-18,21H,4-8,13-16H2,1-3H3,(H,24,27)/t17-,21-/m1/s1. The van der Waals surface area contributed by atoms with E-state index in [1.165, 1.54) is 12.8 Å². The molecule has 2 aliphatic rings. The summed E-state index contributed by atoms with van der Waals surface area (Å²) in [7, 11) is 1.62. The van der Waals surface area contributed by atoms with Crippen molar-refractivity contribution >= 4 is 11.8 Å². The summed E-state index contributed by atoms with van der Waals surface area (Å²) in [4.78, 5) is 30.1. The van der Waals surface area contributed by atoms with E-state index in [9.17, 15) is 9.59 Å². The molecule has 2 atom stereocenters. The van der Waals surface area contributed by atoms with Gasteiger partial charge in [-0.25, -0.2) is 0 Å². The SMILES string of the molecule is CC[C@@H](C)NC(=O)[C@@H](C1CCCC1)N1CCN(C(=O)c2ccc(OC)cc2)CC1. The molecule has 29 heavy (non-hydrogen) atoms. The van der Waals surface area contributed by atoms with Crippen LogP contribution in [-0.2, 0) is 4.79 Å². The van der Waals surface area contributed by atoms with Crippen molar-refractivity contribution < 1.29 is 14.3 Å². The molecule has 1 aliphatic carbocycles. The quantitative estimate of drug-likeness (QED) is 0.763. The van der Waals surface area contributed by atoms with Crippen LogP contribution in [0.25, 0.3) is 0 Å². The average Bonchev–Trinajstić information content (AvgIpc) is 3.28. The number of rotatable bonds is 7. The maximum Gasteiger partial charge on any atom is 0.253 e. The maximum atomic E-state index is 13.1. The number of methoxy groups -OCH3 is 1. The number of nitrogens with zero attached hydrogens (tertiary/aromatic N) is 2. The molecular weight excluding hydrogens is 366 g/mol.